The van der Waals surface area contributed by atoms with Crippen molar-refractivity contribution in [3.63, 3.8) is 0 Å². The Balaban J connectivity index is 2.41. The number of hydroxylamine groups is 2. The van der Waals surface area contributed by atoms with Gasteiger partial charge in [0.2, 0.25) is 0 Å². The van der Waals surface area contributed by atoms with Crippen molar-refractivity contribution in [2.24, 2.45) is 0 Å². The van der Waals surface area contributed by atoms with Gasteiger partial charge in [0, 0.05) is 18.5 Å². The summed E-state index contributed by atoms with van der Waals surface area (Å²) in [6.07, 6.45) is 13.6. The van der Waals surface area contributed by atoms with Gasteiger partial charge in [-0.1, -0.05) is 75.4 Å². The number of carboxylic acid groups (broad SMARTS) is 1. The van der Waals surface area contributed by atoms with E-state index in [9.17, 15) is 9.59 Å². The van der Waals surface area contributed by atoms with Crippen LogP contribution >= 0.6 is 12.6 Å². The fraction of sp³-hybridized carbons (Fsp3) is 0.565. The normalized spacial score (nSPS) is 11.4. The lowest BCUT2D eigenvalue weighted by Gasteiger charge is -2.19. The van der Waals surface area contributed by atoms with E-state index in [0.717, 1.165) is 12.0 Å². The quantitative estimate of drug-likeness (QED) is 0.112. The number of carboxylic acids is 1. The molecule has 0 saturated heterocycles. The van der Waals surface area contributed by atoms with Crippen LogP contribution in [0.3, 0.4) is 0 Å². The third kappa shape index (κ3) is 12.5. The molecule has 1 aromatic carbocycles. The number of nitrogens with zero attached hydrogens (tertiary/aromatic N) is 1. The summed E-state index contributed by atoms with van der Waals surface area (Å²) >= 11 is 4.02. The average molecular weight is 422 g/mol. The monoisotopic (exact) mass is 421 g/mol. The number of thiol groups is 1. The highest BCUT2D eigenvalue weighted by Gasteiger charge is 2.13. The van der Waals surface area contributed by atoms with E-state index in [0.29, 0.717) is 18.5 Å². The SMILES string of the molecule is CCCCCCCC/C=C\c1ccc(C(=O)CN(CCCC(=O)O)OCS)cc1. The van der Waals surface area contributed by atoms with Crippen molar-refractivity contribution < 1.29 is 19.5 Å². The molecule has 1 rings (SSSR count). The van der Waals surface area contributed by atoms with E-state index in [2.05, 4.69) is 31.7 Å². The molecular formula is C23H35NO4S. The minimum atomic E-state index is -0.859. The Bertz CT molecular complexity index is 616. The summed E-state index contributed by atoms with van der Waals surface area (Å²) in [6.45, 7) is 2.68. The van der Waals surface area contributed by atoms with Gasteiger partial charge in [-0.25, -0.2) is 0 Å². The first-order valence-corrected chi connectivity index (χ1v) is 11.2. The molecule has 0 spiro atoms. The van der Waals surface area contributed by atoms with Crippen molar-refractivity contribution in [1.29, 1.82) is 0 Å². The van der Waals surface area contributed by atoms with Crippen LogP contribution in [0.5, 0.6) is 0 Å². The molecule has 0 aliphatic carbocycles. The standard InChI is InChI=1S/C23H35NO4S/c1-2-3-4-5-6-7-8-9-11-20-13-15-21(16-14-20)22(25)18-24(28-19-29)17-10-12-23(26)27/h9,11,13-16,29H,2-8,10,12,17-19H2,1H3,(H,26,27)/b11-9-. The lowest BCUT2D eigenvalue weighted by molar-refractivity contribution is -0.141. The van der Waals surface area contributed by atoms with Crippen LogP contribution in [-0.2, 0) is 9.63 Å². The van der Waals surface area contributed by atoms with Gasteiger partial charge in [-0.05, 0) is 24.8 Å². The topological polar surface area (TPSA) is 66.8 Å². The number of hydrogen-bond donors (Lipinski definition) is 2. The van der Waals surface area contributed by atoms with Gasteiger partial charge in [0.05, 0.1) is 6.54 Å². The summed E-state index contributed by atoms with van der Waals surface area (Å²) in [5, 5.41) is 10.2. The summed E-state index contributed by atoms with van der Waals surface area (Å²) in [5.74, 6) is -0.783. The van der Waals surface area contributed by atoms with Crippen LogP contribution in [0.4, 0.5) is 0 Å². The first kappa shape index (κ1) is 25.4. The smallest absolute Gasteiger partial charge is 0.303 e. The fourth-order valence-corrected chi connectivity index (χ4v) is 3.13. The van der Waals surface area contributed by atoms with Gasteiger partial charge in [0.15, 0.2) is 5.78 Å². The van der Waals surface area contributed by atoms with Gasteiger partial charge in [-0.15, -0.1) is 12.6 Å². The number of Topliss-reactive ketones (excluding diaryl/α,β-unsaturated/α-hetero) is 1. The minimum Gasteiger partial charge on any atom is -0.481 e. The first-order valence-electron chi connectivity index (χ1n) is 10.6. The van der Waals surface area contributed by atoms with Gasteiger partial charge >= 0.3 is 5.97 Å². The summed E-state index contributed by atoms with van der Waals surface area (Å²) in [7, 11) is 0. The van der Waals surface area contributed by atoms with E-state index in [4.69, 9.17) is 9.94 Å². The summed E-state index contributed by atoms with van der Waals surface area (Å²) in [6, 6.07) is 7.53. The number of carbonyl (C=O) groups excluding carboxylic acids is 1. The van der Waals surface area contributed by atoms with Crippen molar-refractivity contribution in [3.05, 3.63) is 41.5 Å². The Kier molecular flexibility index (Phi) is 14.2. The number of carbonyl (C=O) groups is 2. The lowest BCUT2D eigenvalue weighted by Crippen LogP contribution is -2.31. The van der Waals surface area contributed by atoms with Crippen LogP contribution in [-0.4, -0.2) is 41.0 Å². The third-order valence-electron chi connectivity index (χ3n) is 4.63. The van der Waals surface area contributed by atoms with Crippen LogP contribution in [0.2, 0.25) is 0 Å². The van der Waals surface area contributed by atoms with E-state index in [-0.39, 0.29) is 24.7 Å². The van der Waals surface area contributed by atoms with Crippen molar-refractivity contribution in [2.75, 3.05) is 19.0 Å². The van der Waals surface area contributed by atoms with Crippen molar-refractivity contribution >= 4 is 30.5 Å². The van der Waals surface area contributed by atoms with E-state index in [1.54, 1.807) is 0 Å². The zero-order chi connectivity index (χ0) is 21.3. The molecule has 0 aliphatic heterocycles. The molecule has 0 unspecified atom stereocenters. The Morgan fingerprint density at radius 3 is 2.41 bits per heavy atom. The molecule has 0 amide bonds. The van der Waals surface area contributed by atoms with Gasteiger partial charge < -0.3 is 5.11 Å². The number of rotatable bonds is 17. The second kappa shape index (κ2) is 16.2. The lowest BCUT2D eigenvalue weighted by atomic mass is 10.1. The van der Waals surface area contributed by atoms with Gasteiger partial charge in [0.1, 0.15) is 5.94 Å². The highest BCUT2D eigenvalue weighted by atomic mass is 32.1. The highest BCUT2D eigenvalue weighted by Crippen LogP contribution is 2.11. The third-order valence-corrected chi connectivity index (χ3v) is 4.74. The van der Waals surface area contributed by atoms with E-state index < -0.39 is 5.97 Å². The maximum atomic E-state index is 12.5. The molecule has 0 saturated carbocycles. The van der Waals surface area contributed by atoms with E-state index in [1.165, 1.54) is 43.6 Å². The number of hydrogen-bond acceptors (Lipinski definition) is 5. The molecule has 29 heavy (non-hydrogen) atoms. The molecule has 5 nitrogen and oxygen atoms in total. The van der Waals surface area contributed by atoms with Gasteiger partial charge in [-0.3, -0.25) is 14.4 Å². The molecule has 0 aliphatic rings. The van der Waals surface area contributed by atoms with Crippen LogP contribution in [0, 0.1) is 0 Å². The molecule has 0 aromatic heterocycles. The number of benzene rings is 1. The number of unbranched alkanes of at least 4 members (excludes halogenated alkanes) is 6. The predicted octanol–water partition coefficient (Wildman–Crippen LogP) is 5.62. The highest BCUT2D eigenvalue weighted by molar-refractivity contribution is 7.80. The summed E-state index contributed by atoms with van der Waals surface area (Å²) in [5.41, 5.74) is 1.70. The number of allylic oxidation sites excluding steroid dienone is 1. The number of ketones is 1. The minimum absolute atomic E-state index is 0.0421. The second-order valence-electron chi connectivity index (χ2n) is 7.12. The number of aliphatic carboxylic acids is 1. The first-order chi connectivity index (χ1) is 14.1. The Labute approximate surface area is 180 Å². The Hall–Kier alpha value is -1.63. The maximum Gasteiger partial charge on any atom is 0.303 e. The van der Waals surface area contributed by atoms with Crippen LogP contribution in [0.1, 0.15) is 80.6 Å². The second-order valence-corrected chi connectivity index (χ2v) is 7.38. The molecular weight excluding hydrogens is 386 g/mol. The van der Waals surface area contributed by atoms with E-state index in [1.807, 2.05) is 24.3 Å². The summed E-state index contributed by atoms with van der Waals surface area (Å²) < 4.78 is 0. The van der Waals surface area contributed by atoms with Crippen LogP contribution < -0.4 is 0 Å². The molecule has 1 aromatic rings. The molecule has 1 N–H and O–H groups in total. The van der Waals surface area contributed by atoms with Crippen molar-refractivity contribution in [3.8, 4) is 0 Å². The molecule has 0 heterocycles. The Morgan fingerprint density at radius 2 is 1.76 bits per heavy atom. The van der Waals surface area contributed by atoms with Crippen molar-refractivity contribution in [2.45, 2.75) is 64.7 Å². The molecule has 0 fully saturated rings. The molecule has 0 radical (unpaired) electrons. The summed E-state index contributed by atoms with van der Waals surface area (Å²) in [4.78, 5) is 28.4. The van der Waals surface area contributed by atoms with Gasteiger partial charge in [0.25, 0.3) is 0 Å². The van der Waals surface area contributed by atoms with Crippen LogP contribution in [0.15, 0.2) is 30.3 Å². The molecule has 0 bridgehead atoms. The maximum absolute atomic E-state index is 12.5. The fourth-order valence-electron chi connectivity index (χ4n) is 2.97. The zero-order valence-corrected chi connectivity index (χ0v) is 18.4. The molecule has 0 atom stereocenters. The predicted molar refractivity (Wildman–Crippen MR) is 121 cm³/mol. The largest absolute Gasteiger partial charge is 0.481 e. The van der Waals surface area contributed by atoms with E-state index >= 15 is 0 Å². The zero-order valence-electron chi connectivity index (χ0n) is 17.5. The van der Waals surface area contributed by atoms with Crippen molar-refractivity contribution in [1.82, 2.24) is 5.06 Å². The van der Waals surface area contributed by atoms with Gasteiger partial charge in [-0.2, -0.15) is 5.06 Å². The average Bonchev–Trinajstić information content (AvgIpc) is 2.70. The molecule has 6 heteroatoms. The Morgan fingerprint density at radius 1 is 1.07 bits per heavy atom. The molecule has 162 valence electrons. The van der Waals surface area contributed by atoms with Crippen LogP contribution in [0.25, 0.3) is 6.08 Å².